The zero-order chi connectivity index (χ0) is 11.1. The molecule has 1 saturated carbocycles. The van der Waals surface area contributed by atoms with Crippen LogP contribution in [-0.2, 0) is 0 Å². The molecular formula is C12H19N3S. The number of hydrogen-bond acceptors (Lipinski definition) is 4. The molecule has 3 rings (SSSR count). The number of nitrogens with zero attached hydrogens (tertiary/aromatic N) is 2. The summed E-state index contributed by atoms with van der Waals surface area (Å²) >= 11 is 1.78. The summed E-state index contributed by atoms with van der Waals surface area (Å²) in [5.41, 5.74) is 7.19. The van der Waals surface area contributed by atoms with Crippen molar-refractivity contribution >= 4 is 16.5 Å². The Labute approximate surface area is 101 Å². The molecule has 0 spiro atoms. The first kappa shape index (κ1) is 10.5. The van der Waals surface area contributed by atoms with Crippen molar-refractivity contribution in [3.63, 3.8) is 0 Å². The molecule has 1 saturated heterocycles. The van der Waals surface area contributed by atoms with Crippen molar-refractivity contribution in [2.45, 2.75) is 32.2 Å². The number of anilines is 1. The van der Waals surface area contributed by atoms with Crippen LogP contribution >= 0.6 is 11.3 Å². The molecular weight excluding hydrogens is 218 g/mol. The van der Waals surface area contributed by atoms with Gasteiger partial charge in [0.2, 0.25) is 0 Å². The van der Waals surface area contributed by atoms with Crippen molar-refractivity contribution in [1.29, 1.82) is 0 Å². The minimum Gasteiger partial charge on any atom is -0.348 e. The van der Waals surface area contributed by atoms with E-state index in [2.05, 4.69) is 22.2 Å². The topological polar surface area (TPSA) is 42.1 Å². The SMILES string of the molecule is Cc1csc(N2C[C@H]3CCC(N)C[C@H]3C2)n1. The van der Waals surface area contributed by atoms with Gasteiger partial charge in [-0.25, -0.2) is 4.98 Å². The average Bonchev–Trinajstić information content (AvgIpc) is 2.83. The van der Waals surface area contributed by atoms with Gasteiger partial charge in [-0.15, -0.1) is 11.3 Å². The zero-order valence-electron chi connectivity index (χ0n) is 9.72. The highest BCUT2D eigenvalue weighted by molar-refractivity contribution is 7.13. The lowest BCUT2D eigenvalue weighted by Gasteiger charge is -2.27. The van der Waals surface area contributed by atoms with Crippen LogP contribution in [0.25, 0.3) is 0 Å². The highest BCUT2D eigenvalue weighted by Crippen LogP contribution is 2.38. The summed E-state index contributed by atoms with van der Waals surface area (Å²) < 4.78 is 0. The van der Waals surface area contributed by atoms with Crippen LogP contribution in [0.5, 0.6) is 0 Å². The van der Waals surface area contributed by atoms with E-state index in [0.29, 0.717) is 6.04 Å². The quantitative estimate of drug-likeness (QED) is 0.812. The summed E-state index contributed by atoms with van der Waals surface area (Å²) in [7, 11) is 0. The van der Waals surface area contributed by atoms with E-state index in [1.54, 1.807) is 11.3 Å². The first-order valence-corrected chi connectivity index (χ1v) is 7.03. The Hall–Kier alpha value is -0.610. The summed E-state index contributed by atoms with van der Waals surface area (Å²) in [6.45, 7) is 4.44. The average molecular weight is 237 g/mol. The molecule has 88 valence electrons. The van der Waals surface area contributed by atoms with Gasteiger partial charge >= 0.3 is 0 Å². The van der Waals surface area contributed by atoms with Crippen LogP contribution in [0, 0.1) is 18.8 Å². The smallest absolute Gasteiger partial charge is 0.185 e. The summed E-state index contributed by atoms with van der Waals surface area (Å²) in [5.74, 6) is 1.68. The van der Waals surface area contributed by atoms with Crippen LogP contribution in [0.3, 0.4) is 0 Å². The molecule has 0 radical (unpaired) electrons. The fourth-order valence-electron chi connectivity index (χ4n) is 3.11. The third kappa shape index (κ3) is 1.84. The first-order chi connectivity index (χ1) is 7.72. The van der Waals surface area contributed by atoms with E-state index in [9.17, 15) is 0 Å². The Kier molecular flexibility index (Phi) is 2.64. The van der Waals surface area contributed by atoms with Crippen LogP contribution in [0.2, 0.25) is 0 Å². The molecule has 0 aromatic carbocycles. The van der Waals surface area contributed by atoms with Crippen molar-refractivity contribution in [2.24, 2.45) is 17.6 Å². The Morgan fingerprint density at radius 2 is 2.19 bits per heavy atom. The third-order valence-corrected chi connectivity index (χ3v) is 4.99. The minimum absolute atomic E-state index is 0.444. The highest BCUT2D eigenvalue weighted by Gasteiger charge is 2.37. The van der Waals surface area contributed by atoms with Gasteiger partial charge in [-0.2, -0.15) is 0 Å². The van der Waals surface area contributed by atoms with Gasteiger partial charge in [0.1, 0.15) is 0 Å². The molecule has 2 aliphatic rings. The van der Waals surface area contributed by atoms with Gasteiger partial charge in [0, 0.05) is 24.5 Å². The Balaban J connectivity index is 1.72. The largest absolute Gasteiger partial charge is 0.348 e. The van der Waals surface area contributed by atoms with Crippen LogP contribution in [0.1, 0.15) is 25.0 Å². The highest BCUT2D eigenvalue weighted by atomic mass is 32.1. The van der Waals surface area contributed by atoms with Gasteiger partial charge in [0.05, 0.1) is 5.69 Å². The molecule has 2 heterocycles. The van der Waals surface area contributed by atoms with Gasteiger partial charge in [0.15, 0.2) is 5.13 Å². The fourth-order valence-corrected chi connectivity index (χ4v) is 3.93. The van der Waals surface area contributed by atoms with Crippen LogP contribution < -0.4 is 10.6 Å². The van der Waals surface area contributed by atoms with Gasteiger partial charge in [-0.1, -0.05) is 0 Å². The van der Waals surface area contributed by atoms with Crippen molar-refractivity contribution in [3.05, 3.63) is 11.1 Å². The number of nitrogens with two attached hydrogens (primary N) is 1. The lowest BCUT2D eigenvalue weighted by Crippen LogP contribution is -2.32. The second-order valence-electron chi connectivity index (χ2n) is 5.27. The normalized spacial score (nSPS) is 34.1. The summed E-state index contributed by atoms with van der Waals surface area (Å²) in [5, 5.41) is 3.35. The van der Waals surface area contributed by atoms with Gasteiger partial charge in [0.25, 0.3) is 0 Å². The summed E-state index contributed by atoms with van der Waals surface area (Å²) in [4.78, 5) is 7.05. The molecule has 1 aliphatic heterocycles. The van der Waals surface area contributed by atoms with Crippen LogP contribution in [-0.4, -0.2) is 24.1 Å². The third-order valence-electron chi connectivity index (χ3n) is 3.97. The monoisotopic (exact) mass is 237 g/mol. The zero-order valence-corrected chi connectivity index (χ0v) is 10.5. The second kappa shape index (κ2) is 4.00. The molecule has 2 fully saturated rings. The molecule has 1 aromatic heterocycles. The molecule has 16 heavy (non-hydrogen) atoms. The van der Waals surface area contributed by atoms with E-state index < -0.39 is 0 Å². The first-order valence-electron chi connectivity index (χ1n) is 6.15. The van der Waals surface area contributed by atoms with Crippen LogP contribution in [0.4, 0.5) is 5.13 Å². The van der Waals surface area contributed by atoms with Gasteiger partial charge in [-0.3, -0.25) is 0 Å². The molecule has 0 bridgehead atoms. The Morgan fingerprint density at radius 1 is 1.38 bits per heavy atom. The number of aryl methyl sites for hydroxylation is 1. The molecule has 1 aliphatic carbocycles. The summed E-state index contributed by atoms with van der Waals surface area (Å²) in [6, 6.07) is 0.444. The Bertz CT molecular complexity index is 376. The molecule has 0 amide bonds. The maximum atomic E-state index is 6.05. The van der Waals surface area contributed by atoms with E-state index >= 15 is 0 Å². The van der Waals surface area contributed by atoms with E-state index in [-0.39, 0.29) is 0 Å². The lowest BCUT2D eigenvalue weighted by molar-refractivity contribution is 0.271. The standard InChI is InChI=1S/C12H19N3S/c1-8-7-16-12(14-8)15-5-9-2-3-11(13)4-10(9)6-15/h7,9-11H,2-6,13H2,1H3/t9-,10+,11?/m1/s1. The van der Waals surface area contributed by atoms with Crippen molar-refractivity contribution in [2.75, 3.05) is 18.0 Å². The second-order valence-corrected chi connectivity index (χ2v) is 6.11. The fraction of sp³-hybridized carbons (Fsp3) is 0.750. The van der Waals surface area contributed by atoms with Crippen molar-refractivity contribution in [3.8, 4) is 0 Å². The van der Waals surface area contributed by atoms with E-state index in [1.165, 1.54) is 37.5 Å². The number of aromatic nitrogens is 1. The molecule has 3 nitrogen and oxygen atoms in total. The molecule has 3 atom stereocenters. The van der Waals surface area contributed by atoms with Crippen LogP contribution in [0.15, 0.2) is 5.38 Å². The lowest BCUT2D eigenvalue weighted by atomic mass is 9.79. The predicted octanol–water partition coefficient (Wildman–Crippen LogP) is 2.02. The Morgan fingerprint density at radius 3 is 2.94 bits per heavy atom. The van der Waals surface area contributed by atoms with E-state index in [4.69, 9.17) is 5.73 Å². The van der Waals surface area contributed by atoms with Crippen molar-refractivity contribution in [1.82, 2.24) is 4.98 Å². The molecule has 4 heteroatoms. The molecule has 1 aromatic rings. The number of thiazole rings is 1. The molecule has 2 N–H and O–H groups in total. The predicted molar refractivity (Wildman–Crippen MR) is 67.9 cm³/mol. The van der Waals surface area contributed by atoms with Crippen molar-refractivity contribution < 1.29 is 0 Å². The summed E-state index contributed by atoms with van der Waals surface area (Å²) in [6.07, 6.45) is 3.74. The van der Waals surface area contributed by atoms with Gasteiger partial charge in [-0.05, 0) is 38.0 Å². The van der Waals surface area contributed by atoms with E-state index in [0.717, 1.165) is 17.5 Å². The molecule has 1 unspecified atom stereocenters. The maximum absolute atomic E-state index is 6.05. The number of fused-ring (bicyclic) bond motifs is 1. The maximum Gasteiger partial charge on any atom is 0.185 e. The van der Waals surface area contributed by atoms with E-state index in [1.807, 2.05) is 0 Å². The minimum atomic E-state index is 0.444. The number of rotatable bonds is 1. The van der Waals surface area contributed by atoms with Gasteiger partial charge < -0.3 is 10.6 Å². The number of hydrogen-bond donors (Lipinski definition) is 1.